The number of tetrazole rings is 1. The lowest BCUT2D eigenvalue weighted by Crippen LogP contribution is -2.39. The topological polar surface area (TPSA) is 78.5 Å². The molecule has 0 saturated carbocycles. The number of benzene rings is 5. The maximum absolute atomic E-state index is 13.5. The van der Waals surface area contributed by atoms with Crippen molar-refractivity contribution in [2.24, 2.45) is 0 Å². The molecular weight excluding hydrogens is 653 g/mol. The van der Waals surface area contributed by atoms with Gasteiger partial charge in [0.1, 0.15) is 0 Å². The third-order valence-corrected chi connectivity index (χ3v) is 10.2. The van der Waals surface area contributed by atoms with Gasteiger partial charge in [0, 0.05) is 27.9 Å². The highest BCUT2D eigenvalue weighted by atomic mass is 16.1. The lowest BCUT2D eigenvalue weighted by Gasteiger charge is -2.34. The number of fused-ring (bicyclic) bond motifs is 1. The molecule has 3 aromatic heterocycles. The second-order valence-corrected chi connectivity index (χ2v) is 13.4. The molecule has 0 amide bonds. The lowest BCUT2D eigenvalue weighted by atomic mass is 9.77. The highest BCUT2D eigenvalue weighted by molar-refractivity contribution is 5.83. The van der Waals surface area contributed by atoms with E-state index in [9.17, 15) is 4.79 Å². The summed E-state index contributed by atoms with van der Waals surface area (Å²) < 4.78 is 1.90. The van der Waals surface area contributed by atoms with Crippen LogP contribution in [0.5, 0.6) is 0 Å². The van der Waals surface area contributed by atoms with E-state index in [1.807, 2.05) is 90.4 Å². The normalized spacial score (nSPS) is 11.6. The Hall–Kier alpha value is -6.47. The molecule has 0 aliphatic carbocycles. The van der Waals surface area contributed by atoms with Gasteiger partial charge in [-0.05, 0) is 70.5 Å². The van der Waals surface area contributed by atoms with Gasteiger partial charge < -0.3 is 4.57 Å². The Kier molecular flexibility index (Phi) is 9.07. The van der Waals surface area contributed by atoms with Gasteiger partial charge in [-0.3, -0.25) is 9.78 Å². The first-order valence-electron chi connectivity index (χ1n) is 18.2. The molecule has 0 atom stereocenters. The summed E-state index contributed by atoms with van der Waals surface area (Å²) >= 11 is 0. The van der Waals surface area contributed by atoms with Crippen LogP contribution in [0.2, 0.25) is 0 Å². The van der Waals surface area contributed by atoms with Crippen LogP contribution in [0.4, 0.5) is 0 Å². The highest BCUT2D eigenvalue weighted by Gasteiger charge is 2.41. The Morgan fingerprint density at radius 1 is 0.642 bits per heavy atom. The minimum Gasteiger partial charge on any atom is -0.303 e. The summed E-state index contributed by atoms with van der Waals surface area (Å²) in [4.78, 5) is 20.2. The quantitative estimate of drug-likeness (QED) is 0.134. The predicted molar refractivity (Wildman–Crippen MR) is 212 cm³/mol. The molecule has 0 bridgehead atoms. The van der Waals surface area contributed by atoms with Crippen LogP contribution in [0.3, 0.4) is 0 Å². The maximum Gasteiger partial charge on any atom is 0.254 e. The number of pyridine rings is 2. The van der Waals surface area contributed by atoms with Gasteiger partial charge >= 0.3 is 0 Å². The summed E-state index contributed by atoms with van der Waals surface area (Å²) in [5.74, 6) is 0.529. The zero-order valence-corrected chi connectivity index (χ0v) is 30.1. The summed E-state index contributed by atoms with van der Waals surface area (Å²) in [7, 11) is 0. The van der Waals surface area contributed by atoms with Crippen molar-refractivity contribution in [2.75, 3.05) is 0 Å². The molecule has 260 valence electrons. The first-order chi connectivity index (χ1) is 26.0. The standard InChI is InChI=1S/C46H40N6O/c1-4-38-30-43-41(42(5-2)47-38)29-32(3)45(53)51(43)31-33-25-27-34(28-26-33)39-23-15-16-24-40(39)44-48-50-52(49-44)46(35-17-9-6-10-18-35,36-19-11-7-12-20-36)37-21-13-8-14-22-37/h6-30H,4-5,31H2,1-3H3. The fraction of sp³-hybridized carbons (Fsp3) is 0.152. The maximum atomic E-state index is 13.5. The van der Waals surface area contributed by atoms with Gasteiger partial charge in [-0.25, -0.2) is 0 Å². The van der Waals surface area contributed by atoms with E-state index in [-0.39, 0.29) is 5.56 Å². The van der Waals surface area contributed by atoms with Crippen LogP contribution in [0.15, 0.2) is 156 Å². The van der Waals surface area contributed by atoms with Gasteiger partial charge in [0.15, 0.2) is 5.54 Å². The van der Waals surface area contributed by atoms with Crippen LogP contribution < -0.4 is 5.56 Å². The largest absolute Gasteiger partial charge is 0.303 e. The first kappa shape index (κ1) is 33.7. The average molecular weight is 693 g/mol. The summed E-state index contributed by atoms with van der Waals surface area (Å²) in [6.07, 6.45) is 1.62. The fourth-order valence-corrected chi connectivity index (χ4v) is 7.49. The van der Waals surface area contributed by atoms with Gasteiger partial charge in [-0.2, -0.15) is 0 Å². The first-order valence-corrected chi connectivity index (χ1v) is 18.2. The molecule has 8 aromatic rings. The molecule has 0 saturated heterocycles. The zero-order chi connectivity index (χ0) is 36.4. The Labute approximate surface area is 309 Å². The second-order valence-electron chi connectivity index (χ2n) is 13.4. The van der Waals surface area contributed by atoms with E-state index in [0.717, 1.165) is 79.6 Å². The fourth-order valence-electron chi connectivity index (χ4n) is 7.49. The molecular formula is C46H40N6O. The molecule has 0 unspecified atom stereocenters. The van der Waals surface area contributed by atoms with Crippen LogP contribution in [0.1, 0.15) is 53.1 Å². The minimum absolute atomic E-state index is 0.0222. The number of rotatable bonds is 10. The third-order valence-electron chi connectivity index (χ3n) is 10.2. The Bertz CT molecular complexity index is 2480. The van der Waals surface area contributed by atoms with Gasteiger partial charge in [-0.15, -0.1) is 15.0 Å². The number of hydrogen-bond acceptors (Lipinski definition) is 5. The van der Waals surface area contributed by atoms with E-state index in [1.165, 1.54) is 0 Å². The van der Waals surface area contributed by atoms with E-state index < -0.39 is 5.54 Å². The van der Waals surface area contributed by atoms with E-state index in [0.29, 0.717) is 12.4 Å². The molecule has 7 nitrogen and oxygen atoms in total. The number of nitrogens with zero attached hydrogens (tertiary/aromatic N) is 6. The molecule has 0 aliphatic heterocycles. The molecule has 0 aliphatic rings. The minimum atomic E-state index is -0.866. The second kappa shape index (κ2) is 14.3. The number of hydrogen-bond donors (Lipinski definition) is 0. The van der Waals surface area contributed by atoms with Gasteiger partial charge in [-0.1, -0.05) is 153 Å². The van der Waals surface area contributed by atoms with Crippen LogP contribution in [0.25, 0.3) is 33.4 Å². The van der Waals surface area contributed by atoms with Crippen LogP contribution in [0, 0.1) is 6.92 Å². The molecule has 0 spiro atoms. The molecule has 0 N–H and O–H groups in total. The van der Waals surface area contributed by atoms with Crippen molar-refractivity contribution < 1.29 is 0 Å². The molecule has 3 heterocycles. The van der Waals surface area contributed by atoms with Crippen LogP contribution in [-0.2, 0) is 24.9 Å². The van der Waals surface area contributed by atoms with Crippen molar-refractivity contribution in [2.45, 2.75) is 45.7 Å². The van der Waals surface area contributed by atoms with Crippen molar-refractivity contribution in [3.8, 4) is 22.5 Å². The third kappa shape index (κ3) is 6.04. The van der Waals surface area contributed by atoms with Crippen molar-refractivity contribution in [3.05, 3.63) is 201 Å². The van der Waals surface area contributed by atoms with Gasteiger partial charge in [0.05, 0.1) is 12.1 Å². The SMILES string of the molecule is CCc1cc2c(cc(C)c(=O)n2Cc2ccc(-c3ccccc3-c3nnn(C(c4ccccc4)(c4ccccc4)c4ccccc4)n3)cc2)c(CC)n1. The van der Waals surface area contributed by atoms with Crippen molar-refractivity contribution in [1.29, 1.82) is 0 Å². The number of aromatic nitrogens is 6. The smallest absolute Gasteiger partial charge is 0.254 e. The van der Waals surface area contributed by atoms with E-state index in [2.05, 4.69) is 86.6 Å². The highest BCUT2D eigenvalue weighted by Crippen LogP contribution is 2.40. The monoisotopic (exact) mass is 692 g/mol. The molecule has 8 rings (SSSR count). The molecule has 0 fully saturated rings. The predicted octanol–water partition coefficient (Wildman–Crippen LogP) is 9.04. The summed E-state index contributed by atoms with van der Waals surface area (Å²) in [5, 5.41) is 15.7. The summed E-state index contributed by atoms with van der Waals surface area (Å²) in [6.45, 7) is 6.57. The molecule has 5 aromatic carbocycles. The number of aryl methyl sites for hydroxylation is 3. The average Bonchev–Trinajstić information content (AvgIpc) is 3.71. The van der Waals surface area contributed by atoms with E-state index in [4.69, 9.17) is 20.4 Å². The van der Waals surface area contributed by atoms with Gasteiger partial charge in [0.2, 0.25) is 5.82 Å². The van der Waals surface area contributed by atoms with Crippen molar-refractivity contribution in [3.63, 3.8) is 0 Å². The van der Waals surface area contributed by atoms with Crippen LogP contribution in [-0.4, -0.2) is 29.8 Å². The summed E-state index contributed by atoms with van der Waals surface area (Å²) in [6, 6.07) is 51.7. The van der Waals surface area contributed by atoms with E-state index in [1.54, 1.807) is 4.80 Å². The van der Waals surface area contributed by atoms with Gasteiger partial charge in [0.25, 0.3) is 5.56 Å². The molecule has 7 heteroatoms. The van der Waals surface area contributed by atoms with Crippen molar-refractivity contribution >= 4 is 10.9 Å². The van der Waals surface area contributed by atoms with Crippen LogP contribution >= 0.6 is 0 Å². The van der Waals surface area contributed by atoms with Crippen molar-refractivity contribution in [1.82, 2.24) is 29.8 Å². The lowest BCUT2D eigenvalue weighted by molar-refractivity contribution is 0.396. The van der Waals surface area contributed by atoms with E-state index >= 15 is 0 Å². The molecule has 53 heavy (non-hydrogen) atoms. The Morgan fingerprint density at radius 3 is 1.77 bits per heavy atom. The Morgan fingerprint density at radius 2 is 1.21 bits per heavy atom. The summed E-state index contributed by atoms with van der Waals surface area (Å²) in [5.41, 5.74) is 9.85. The zero-order valence-electron chi connectivity index (χ0n) is 30.1. The Balaban J connectivity index is 1.19. The molecule has 0 radical (unpaired) electrons.